The second kappa shape index (κ2) is 7.28. The highest BCUT2D eigenvalue weighted by Gasteiger charge is 2.41. The first-order chi connectivity index (χ1) is 13.6. The van der Waals surface area contributed by atoms with Crippen molar-refractivity contribution in [3.05, 3.63) is 39.3 Å². The van der Waals surface area contributed by atoms with Crippen LogP contribution < -0.4 is 5.32 Å². The van der Waals surface area contributed by atoms with Crippen molar-refractivity contribution in [2.45, 2.75) is 50.9 Å². The topological polar surface area (TPSA) is 59.4 Å². The summed E-state index contributed by atoms with van der Waals surface area (Å²) in [6.45, 7) is 4.42. The van der Waals surface area contributed by atoms with Crippen molar-refractivity contribution in [3.8, 4) is 0 Å². The Morgan fingerprint density at radius 1 is 1.39 bits per heavy atom. The third-order valence-corrected chi connectivity index (χ3v) is 7.34. The van der Waals surface area contributed by atoms with E-state index in [4.69, 9.17) is 4.74 Å². The number of hydrogen-bond donors (Lipinski definition) is 1. The average Bonchev–Trinajstić information content (AvgIpc) is 3.30. The molecule has 1 aliphatic carbocycles. The molecule has 2 aromatic heterocycles. The van der Waals surface area contributed by atoms with Gasteiger partial charge >= 0.3 is 0 Å². The van der Waals surface area contributed by atoms with Crippen LogP contribution in [0.1, 0.15) is 52.3 Å². The van der Waals surface area contributed by atoms with Gasteiger partial charge in [0, 0.05) is 55.8 Å². The van der Waals surface area contributed by atoms with Gasteiger partial charge in [0.25, 0.3) is 5.91 Å². The molecule has 3 aliphatic rings. The van der Waals surface area contributed by atoms with Crippen molar-refractivity contribution in [2.24, 2.45) is 13.0 Å². The van der Waals surface area contributed by atoms with Gasteiger partial charge in [-0.3, -0.25) is 14.4 Å². The molecule has 6 nitrogen and oxygen atoms in total. The lowest BCUT2D eigenvalue weighted by molar-refractivity contribution is -0.104. The molecule has 0 radical (unpaired) electrons. The maximum Gasteiger partial charge on any atom is 0.272 e. The summed E-state index contributed by atoms with van der Waals surface area (Å²) in [5.74, 6) is 0.622. The summed E-state index contributed by atoms with van der Waals surface area (Å²) >= 11 is 1.83. The molecule has 5 rings (SSSR count). The predicted octanol–water partition coefficient (Wildman–Crippen LogP) is 2.73. The normalized spacial score (nSPS) is 21.6. The monoisotopic (exact) mass is 400 g/mol. The standard InChI is InChI=1S/C21H28N4O2S/c1-24-18-11-21(6-8-25(9-7-21)13-16-3-2-10-28-16)27-14-17(18)19(23-24)20(26)22-12-15-4-5-15/h2-3,10,15H,4-9,11-14H2,1H3,(H,22,26). The van der Waals surface area contributed by atoms with E-state index >= 15 is 0 Å². The molecule has 7 heteroatoms. The number of ether oxygens (including phenoxy) is 1. The van der Waals surface area contributed by atoms with E-state index < -0.39 is 0 Å². The number of nitrogens with zero attached hydrogens (tertiary/aromatic N) is 3. The molecular formula is C21H28N4O2S. The van der Waals surface area contributed by atoms with Gasteiger partial charge in [0.1, 0.15) is 0 Å². The van der Waals surface area contributed by atoms with E-state index in [9.17, 15) is 4.79 Å². The Morgan fingerprint density at radius 3 is 2.93 bits per heavy atom. The molecular weight excluding hydrogens is 372 g/mol. The van der Waals surface area contributed by atoms with Crippen LogP contribution in [0, 0.1) is 5.92 Å². The molecule has 1 amide bonds. The van der Waals surface area contributed by atoms with Crippen LogP contribution in [0.3, 0.4) is 0 Å². The van der Waals surface area contributed by atoms with Crippen molar-refractivity contribution in [1.82, 2.24) is 20.0 Å². The van der Waals surface area contributed by atoms with Gasteiger partial charge in [-0.2, -0.15) is 5.10 Å². The van der Waals surface area contributed by atoms with Crippen LogP contribution in [-0.2, 0) is 31.4 Å². The van der Waals surface area contributed by atoms with Gasteiger partial charge in [-0.25, -0.2) is 0 Å². The van der Waals surface area contributed by atoms with Crippen LogP contribution in [0.15, 0.2) is 17.5 Å². The molecule has 0 unspecified atom stereocenters. The second-order valence-corrected chi connectivity index (χ2v) is 9.59. The van der Waals surface area contributed by atoms with Crippen LogP contribution in [0.5, 0.6) is 0 Å². The van der Waals surface area contributed by atoms with Gasteiger partial charge < -0.3 is 10.1 Å². The highest BCUT2D eigenvalue weighted by atomic mass is 32.1. The van der Waals surface area contributed by atoms with Gasteiger partial charge in [-0.1, -0.05) is 6.07 Å². The first kappa shape index (κ1) is 18.3. The Bertz CT molecular complexity index is 848. The summed E-state index contributed by atoms with van der Waals surface area (Å²) in [6, 6.07) is 4.34. The molecule has 2 fully saturated rings. The first-order valence-electron chi connectivity index (χ1n) is 10.3. The van der Waals surface area contributed by atoms with Gasteiger partial charge in [0.15, 0.2) is 5.69 Å². The van der Waals surface area contributed by atoms with E-state index in [1.165, 1.54) is 23.4 Å². The number of piperidine rings is 1. The number of carbonyl (C=O) groups excluding carboxylic acids is 1. The minimum absolute atomic E-state index is 0.0472. The fourth-order valence-corrected chi connectivity index (χ4v) is 5.19. The van der Waals surface area contributed by atoms with E-state index in [2.05, 4.69) is 32.8 Å². The summed E-state index contributed by atoms with van der Waals surface area (Å²) in [6.07, 6.45) is 5.39. The molecule has 2 aromatic rings. The van der Waals surface area contributed by atoms with Crippen molar-refractivity contribution in [1.29, 1.82) is 0 Å². The Kier molecular flexibility index (Phi) is 4.77. The highest BCUT2D eigenvalue weighted by molar-refractivity contribution is 7.09. The summed E-state index contributed by atoms with van der Waals surface area (Å²) in [5, 5.41) is 9.74. The van der Waals surface area contributed by atoms with Crippen LogP contribution in [-0.4, -0.2) is 45.8 Å². The zero-order chi connectivity index (χ0) is 19.1. The van der Waals surface area contributed by atoms with Crippen LogP contribution in [0.2, 0.25) is 0 Å². The molecule has 2 aliphatic heterocycles. The fraction of sp³-hybridized carbons (Fsp3) is 0.619. The third kappa shape index (κ3) is 3.63. The minimum Gasteiger partial charge on any atom is -0.370 e. The lowest BCUT2D eigenvalue weighted by atomic mass is 9.83. The van der Waals surface area contributed by atoms with Crippen LogP contribution >= 0.6 is 11.3 Å². The number of rotatable bonds is 5. The fourth-order valence-electron chi connectivity index (χ4n) is 4.44. The molecule has 1 spiro atoms. The molecule has 150 valence electrons. The summed E-state index contributed by atoms with van der Waals surface area (Å²) in [5.41, 5.74) is 2.62. The van der Waals surface area contributed by atoms with E-state index in [0.717, 1.165) is 51.0 Å². The molecule has 4 heterocycles. The average molecular weight is 401 g/mol. The first-order valence-corrected chi connectivity index (χ1v) is 11.2. The second-order valence-electron chi connectivity index (χ2n) is 8.55. The number of carbonyl (C=O) groups is 1. The van der Waals surface area contributed by atoms with Crippen molar-refractivity contribution in [3.63, 3.8) is 0 Å². The molecule has 0 aromatic carbocycles. The summed E-state index contributed by atoms with van der Waals surface area (Å²) < 4.78 is 8.31. The molecule has 0 bridgehead atoms. The van der Waals surface area contributed by atoms with Gasteiger partial charge in [-0.05, 0) is 43.0 Å². The molecule has 1 saturated carbocycles. The summed E-state index contributed by atoms with van der Waals surface area (Å²) in [4.78, 5) is 16.5. The Hall–Kier alpha value is -1.70. The quantitative estimate of drug-likeness (QED) is 0.838. The van der Waals surface area contributed by atoms with E-state index in [-0.39, 0.29) is 11.5 Å². The van der Waals surface area contributed by atoms with Gasteiger partial charge in [-0.15, -0.1) is 11.3 Å². The van der Waals surface area contributed by atoms with Crippen molar-refractivity contribution >= 4 is 17.2 Å². The predicted molar refractivity (Wildman–Crippen MR) is 108 cm³/mol. The van der Waals surface area contributed by atoms with Crippen LogP contribution in [0.4, 0.5) is 0 Å². The van der Waals surface area contributed by atoms with E-state index in [1.807, 2.05) is 23.1 Å². The van der Waals surface area contributed by atoms with Crippen molar-refractivity contribution < 1.29 is 9.53 Å². The lowest BCUT2D eigenvalue weighted by Gasteiger charge is -2.43. The SMILES string of the molecule is Cn1nc(C(=O)NCC2CC2)c2c1CC1(CCN(Cc3cccs3)CC1)OC2. The maximum absolute atomic E-state index is 12.6. The zero-order valence-corrected chi connectivity index (χ0v) is 17.3. The number of fused-ring (bicyclic) bond motifs is 1. The van der Waals surface area contributed by atoms with E-state index in [0.29, 0.717) is 18.2 Å². The van der Waals surface area contributed by atoms with Gasteiger partial charge in [0.2, 0.25) is 0 Å². The Labute approximate surface area is 169 Å². The lowest BCUT2D eigenvalue weighted by Crippen LogP contribution is -2.49. The molecule has 0 atom stereocenters. The largest absolute Gasteiger partial charge is 0.370 e. The number of likely N-dealkylation sites (tertiary alicyclic amines) is 1. The zero-order valence-electron chi connectivity index (χ0n) is 16.4. The molecule has 1 saturated heterocycles. The van der Waals surface area contributed by atoms with Crippen LogP contribution in [0.25, 0.3) is 0 Å². The number of hydrogen-bond acceptors (Lipinski definition) is 5. The molecule has 1 N–H and O–H groups in total. The number of aryl methyl sites for hydroxylation is 1. The summed E-state index contributed by atoms with van der Waals surface area (Å²) in [7, 11) is 1.96. The Balaban J connectivity index is 1.24. The third-order valence-electron chi connectivity index (χ3n) is 6.48. The highest BCUT2D eigenvalue weighted by Crippen LogP contribution is 2.37. The number of nitrogens with one attached hydrogen (secondary N) is 1. The smallest absolute Gasteiger partial charge is 0.272 e. The number of aromatic nitrogens is 2. The van der Waals surface area contributed by atoms with Crippen molar-refractivity contribution in [2.75, 3.05) is 19.6 Å². The molecule has 28 heavy (non-hydrogen) atoms. The number of amides is 1. The number of thiophene rings is 1. The van der Waals surface area contributed by atoms with Gasteiger partial charge in [0.05, 0.1) is 12.2 Å². The minimum atomic E-state index is -0.103. The van der Waals surface area contributed by atoms with E-state index in [1.54, 1.807) is 0 Å². The Morgan fingerprint density at radius 2 is 2.21 bits per heavy atom. The maximum atomic E-state index is 12.6.